The first-order chi connectivity index (χ1) is 10.3. The van der Waals surface area contributed by atoms with Gasteiger partial charge < -0.3 is 14.4 Å². The predicted octanol–water partition coefficient (Wildman–Crippen LogP) is 3.74. The van der Waals surface area contributed by atoms with Crippen molar-refractivity contribution in [1.82, 2.24) is 4.90 Å². The maximum absolute atomic E-state index is 13.6. The number of likely N-dealkylation sites (tertiary alicyclic amines) is 1. The van der Waals surface area contributed by atoms with E-state index < -0.39 is 17.2 Å². The van der Waals surface area contributed by atoms with Crippen LogP contribution in [0.2, 0.25) is 0 Å². The van der Waals surface area contributed by atoms with Gasteiger partial charge in [-0.2, -0.15) is 4.39 Å². The normalized spacial score (nSPS) is 16.5. The van der Waals surface area contributed by atoms with E-state index >= 15 is 0 Å². The summed E-state index contributed by atoms with van der Waals surface area (Å²) >= 11 is 0. The highest BCUT2D eigenvalue weighted by Gasteiger charge is 2.28. The lowest BCUT2D eigenvalue weighted by Gasteiger charge is -2.33. The van der Waals surface area contributed by atoms with Crippen LogP contribution in [0.15, 0.2) is 18.2 Å². The summed E-state index contributed by atoms with van der Waals surface area (Å²) in [4.78, 5) is 13.5. The van der Waals surface area contributed by atoms with Gasteiger partial charge in [0.15, 0.2) is 11.6 Å². The molecule has 22 heavy (non-hydrogen) atoms. The number of nitrogens with zero attached hydrogens (tertiary/aromatic N) is 1. The first kappa shape index (κ1) is 16.5. The van der Waals surface area contributed by atoms with E-state index in [0.29, 0.717) is 25.9 Å². The third-order valence-electron chi connectivity index (χ3n) is 3.30. The van der Waals surface area contributed by atoms with Crippen LogP contribution in [0, 0.1) is 11.6 Å². The van der Waals surface area contributed by atoms with Gasteiger partial charge in [-0.1, -0.05) is 6.07 Å². The molecule has 0 spiro atoms. The lowest BCUT2D eigenvalue weighted by atomic mass is 10.1. The molecule has 0 saturated carbocycles. The molecular weight excluding hydrogens is 292 g/mol. The highest BCUT2D eigenvalue weighted by Crippen LogP contribution is 2.24. The number of carbonyl (C=O) groups excluding carboxylic acids is 1. The lowest BCUT2D eigenvalue weighted by molar-refractivity contribution is 0.0123. The molecule has 6 heteroatoms. The summed E-state index contributed by atoms with van der Waals surface area (Å²) in [5, 5.41) is 0. The fraction of sp³-hybridized carbons (Fsp3) is 0.562. The standard InChI is InChI=1S/C16H21F2NO3/c1-16(2,3)22-15(20)19-9-7-11(8-10-19)21-13-6-4-5-12(17)14(13)18/h4-6,11H,7-10H2,1-3H3. The number of carbonyl (C=O) groups is 1. The van der Waals surface area contributed by atoms with Gasteiger partial charge in [0.05, 0.1) is 0 Å². The van der Waals surface area contributed by atoms with Crippen LogP contribution in [0.5, 0.6) is 5.75 Å². The fourth-order valence-electron chi connectivity index (χ4n) is 2.24. The number of amides is 1. The molecule has 122 valence electrons. The summed E-state index contributed by atoms with van der Waals surface area (Å²) in [7, 11) is 0. The lowest BCUT2D eigenvalue weighted by Crippen LogP contribution is -2.44. The molecular formula is C16H21F2NO3. The molecule has 1 aliphatic rings. The average molecular weight is 313 g/mol. The first-order valence-corrected chi connectivity index (χ1v) is 7.35. The summed E-state index contributed by atoms with van der Waals surface area (Å²) in [5.74, 6) is -1.99. The zero-order valence-electron chi connectivity index (χ0n) is 13.1. The van der Waals surface area contributed by atoms with Crippen LogP contribution < -0.4 is 4.74 Å². The van der Waals surface area contributed by atoms with Gasteiger partial charge in [0, 0.05) is 25.9 Å². The van der Waals surface area contributed by atoms with Crippen molar-refractivity contribution in [3.63, 3.8) is 0 Å². The number of ether oxygens (including phenoxy) is 2. The number of halogens is 2. The third kappa shape index (κ3) is 4.32. The van der Waals surface area contributed by atoms with E-state index in [2.05, 4.69) is 0 Å². The van der Waals surface area contributed by atoms with Crippen LogP contribution in [0.3, 0.4) is 0 Å². The van der Waals surface area contributed by atoms with Crippen LogP contribution in [0.4, 0.5) is 13.6 Å². The molecule has 1 saturated heterocycles. The highest BCUT2D eigenvalue weighted by molar-refractivity contribution is 5.68. The summed E-state index contributed by atoms with van der Waals surface area (Å²) in [5.41, 5.74) is -0.533. The predicted molar refractivity (Wildman–Crippen MR) is 77.8 cm³/mol. The van der Waals surface area contributed by atoms with Crippen LogP contribution in [0.25, 0.3) is 0 Å². The molecule has 1 aromatic carbocycles. The van der Waals surface area contributed by atoms with E-state index in [1.54, 1.807) is 4.90 Å². The minimum Gasteiger partial charge on any atom is -0.487 e. The van der Waals surface area contributed by atoms with Gasteiger partial charge in [0.2, 0.25) is 5.82 Å². The van der Waals surface area contributed by atoms with Crippen molar-refractivity contribution in [1.29, 1.82) is 0 Å². The van der Waals surface area contributed by atoms with E-state index in [1.807, 2.05) is 20.8 Å². The zero-order chi connectivity index (χ0) is 16.3. The molecule has 2 rings (SSSR count). The Morgan fingerprint density at radius 1 is 1.23 bits per heavy atom. The molecule has 0 atom stereocenters. The Morgan fingerprint density at radius 2 is 1.86 bits per heavy atom. The quantitative estimate of drug-likeness (QED) is 0.835. The Kier molecular flexibility index (Phi) is 4.88. The molecule has 1 aromatic rings. The molecule has 1 heterocycles. The maximum Gasteiger partial charge on any atom is 0.410 e. The van der Waals surface area contributed by atoms with Crippen LogP contribution >= 0.6 is 0 Å². The number of hydrogen-bond donors (Lipinski definition) is 0. The van der Waals surface area contributed by atoms with Crippen LogP contribution in [0.1, 0.15) is 33.6 Å². The Balaban J connectivity index is 1.87. The second-order valence-electron chi connectivity index (χ2n) is 6.34. The van der Waals surface area contributed by atoms with Crippen molar-refractivity contribution in [2.24, 2.45) is 0 Å². The SMILES string of the molecule is CC(C)(C)OC(=O)N1CCC(Oc2cccc(F)c2F)CC1. The van der Waals surface area contributed by atoms with Crippen molar-refractivity contribution >= 4 is 6.09 Å². The molecule has 0 N–H and O–H groups in total. The molecule has 1 aliphatic heterocycles. The monoisotopic (exact) mass is 313 g/mol. The third-order valence-corrected chi connectivity index (χ3v) is 3.30. The second kappa shape index (κ2) is 6.50. The number of piperidine rings is 1. The average Bonchev–Trinajstić information content (AvgIpc) is 2.43. The molecule has 0 radical (unpaired) electrons. The Morgan fingerprint density at radius 3 is 2.45 bits per heavy atom. The van der Waals surface area contributed by atoms with Gasteiger partial charge in [-0.15, -0.1) is 0 Å². The summed E-state index contributed by atoms with van der Waals surface area (Å²) in [6, 6.07) is 3.86. The molecule has 1 amide bonds. The minimum atomic E-state index is -0.975. The van der Waals surface area contributed by atoms with Gasteiger partial charge in [0.1, 0.15) is 11.7 Å². The zero-order valence-corrected chi connectivity index (χ0v) is 13.1. The molecule has 0 aliphatic carbocycles. The highest BCUT2D eigenvalue weighted by atomic mass is 19.2. The van der Waals surface area contributed by atoms with Gasteiger partial charge in [-0.3, -0.25) is 0 Å². The number of hydrogen-bond acceptors (Lipinski definition) is 3. The molecule has 0 bridgehead atoms. The van der Waals surface area contributed by atoms with Gasteiger partial charge in [-0.05, 0) is 32.9 Å². The van der Waals surface area contributed by atoms with Crippen LogP contribution in [-0.4, -0.2) is 35.8 Å². The molecule has 0 unspecified atom stereocenters. The summed E-state index contributed by atoms with van der Waals surface area (Å²) < 4.78 is 37.5. The van der Waals surface area contributed by atoms with Crippen molar-refractivity contribution in [2.75, 3.05) is 13.1 Å². The van der Waals surface area contributed by atoms with Gasteiger partial charge >= 0.3 is 6.09 Å². The van der Waals surface area contributed by atoms with E-state index in [9.17, 15) is 13.6 Å². The Hall–Kier alpha value is -1.85. The molecule has 0 aromatic heterocycles. The fourth-order valence-corrected chi connectivity index (χ4v) is 2.24. The van der Waals surface area contributed by atoms with Crippen molar-refractivity contribution in [3.05, 3.63) is 29.8 Å². The van der Waals surface area contributed by atoms with Gasteiger partial charge in [0.25, 0.3) is 0 Å². The Bertz CT molecular complexity index is 535. The maximum atomic E-state index is 13.6. The smallest absolute Gasteiger partial charge is 0.410 e. The first-order valence-electron chi connectivity index (χ1n) is 7.35. The minimum absolute atomic E-state index is 0.0873. The summed E-state index contributed by atoms with van der Waals surface area (Å²) in [6.45, 7) is 6.38. The number of benzene rings is 1. The summed E-state index contributed by atoms with van der Waals surface area (Å²) in [6.07, 6.45) is 0.502. The van der Waals surface area contributed by atoms with Crippen molar-refractivity contribution in [2.45, 2.75) is 45.3 Å². The largest absolute Gasteiger partial charge is 0.487 e. The number of rotatable bonds is 2. The second-order valence-corrected chi connectivity index (χ2v) is 6.34. The van der Waals surface area contributed by atoms with Crippen molar-refractivity contribution < 1.29 is 23.0 Å². The van der Waals surface area contributed by atoms with Crippen LogP contribution in [-0.2, 0) is 4.74 Å². The van der Waals surface area contributed by atoms with E-state index in [-0.39, 0.29) is 17.9 Å². The van der Waals surface area contributed by atoms with Crippen molar-refractivity contribution in [3.8, 4) is 5.75 Å². The van der Waals surface area contributed by atoms with E-state index in [0.717, 1.165) is 6.07 Å². The van der Waals surface area contributed by atoms with Gasteiger partial charge in [-0.25, -0.2) is 9.18 Å². The molecule has 4 nitrogen and oxygen atoms in total. The van der Waals surface area contributed by atoms with E-state index in [4.69, 9.17) is 9.47 Å². The molecule has 1 fully saturated rings. The topological polar surface area (TPSA) is 38.8 Å². The Labute approximate surface area is 129 Å². The van der Waals surface area contributed by atoms with E-state index in [1.165, 1.54) is 12.1 Å².